The van der Waals surface area contributed by atoms with Crippen LogP contribution < -0.4 is 4.90 Å². The summed E-state index contributed by atoms with van der Waals surface area (Å²) in [6.07, 6.45) is 7.21. The summed E-state index contributed by atoms with van der Waals surface area (Å²) in [5.74, 6) is -0.417. The molecule has 150 valence electrons. The highest BCUT2D eigenvalue weighted by atomic mass is 35.5. The standard InChI is InChI=1S/C21H30ClFN2O2/c1-21(2,3)27-20(26)24-13-7-10-19(24)25(15-8-5-4-6-9-15)16-11-12-18(23)17(22)14-16/h11-12,14-15,19H,4-10,13H2,1-3H3. The molecule has 3 rings (SSSR count). The predicted octanol–water partition coefficient (Wildman–Crippen LogP) is 5.98. The molecular formula is C21H30ClFN2O2. The summed E-state index contributed by atoms with van der Waals surface area (Å²) in [5, 5.41) is 0.120. The Balaban J connectivity index is 1.91. The average molecular weight is 397 g/mol. The number of halogens is 2. The number of likely N-dealkylation sites (tertiary alicyclic amines) is 1. The molecule has 1 unspecified atom stereocenters. The van der Waals surface area contributed by atoms with Crippen molar-refractivity contribution >= 4 is 23.4 Å². The lowest BCUT2D eigenvalue weighted by molar-refractivity contribution is 0.0215. The van der Waals surface area contributed by atoms with Crippen LogP contribution in [0.15, 0.2) is 18.2 Å². The number of rotatable bonds is 3. The van der Waals surface area contributed by atoms with E-state index < -0.39 is 11.4 Å². The number of carbonyl (C=O) groups is 1. The third-order valence-electron chi connectivity index (χ3n) is 5.34. The second-order valence-corrected chi connectivity index (χ2v) is 9.00. The molecule has 4 nitrogen and oxygen atoms in total. The highest BCUT2D eigenvalue weighted by Crippen LogP contribution is 2.36. The van der Waals surface area contributed by atoms with E-state index in [1.54, 1.807) is 12.1 Å². The molecule has 27 heavy (non-hydrogen) atoms. The summed E-state index contributed by atoms with van der Waals surface area (Å²) >= 11 is 6.08. The molecular weight excluding hydrogens is 367 g/mol. The topological polar surface area (TPSA) is 32.8 Å². The van der Waals surface area contributed by atoms with Crippen molar-refractivity contribution in [2.75, 3.05) is 11.4 Å². The molecule has 0 spiro atoms. The number of hydrogen-bond acceptors (Lipinski definition) is 3. The zero-order valence-electron chi connectivity index (χ0n) is 16.5. The van der Waals surface area contributed by atoms with Crippen LogP contribution >= 0.6 is 11.6 Å². The highest BCUT2D eigenvalue weighted by molar-refractivity contribution is 6.31. The third-order valence-corrected chi connectivity index (χ3v) is 5.63. The molecule has 0 bridgehead atoms. The van der Waals surface area contributed by atoms with Crippen molar-refractivity contribution < 1.29 is 13.9 Å². The number of nitrogens with zero attached hydrogens (tertiary/aromatic N) is 2. The third kappa shape index (κ3) is 4.87. The number of ether oxygens (including phenoxy) is 1. The minimum absolute atomic E-state index is 0.0792. The van der Waals surface area contributed by atoms with Gasteiger partial charge in [-0.2, -0.15) is 0 Å². The fourth-order valence-corrected chi connectivity index (χ4v) is 4.38. The van der Waals surface area contributed by atoms with Crippen LogP contribution in [0.1, 0.15) is 65.7 Å². The van der Waals surface area contributed by atoms with Crippen molar-refractivity contribution in [1.29, 1.82) is 0 Å². The van der Waals surface area contributed by atoms with Crippen LogP contribution in [-0.2, 0) is 4.74 Å². The molecule has 1 aromatic carbocycles. The van der Waals surface area contributed by atoms with Gasteiger partial charge in [-0.1, -0.05) is 30.9 Å². The van der Waals surface area contributed by atoms with Crippen molar-refractivity contribution in [3.05, 3.63) is 29.0 Å². The Labute approximate surface area is 166 Å². The Morgan fingerprint density at radius 1 is 1.19 bits per heavy atom. The van der Waals surface area contributed by atoms with Crippen molar-refractivity contribution in [3.63, 3.8) is 0 Å². The van der Waals surface area contributed by atoms with Gasteiger partial charge in [0.15, 0.2) is 0 Å². The molecule has 6 heteroatoms. The van der Waals surface area contributed by atoms with Gasteiger partial charge in [0.1, 0.15) is 17.6 Å². The second kappa shape index (κ2) is 8.26. The number of hydrogen-bond donors (Lipinski definition) is 0. The summed E-state index contributed by atoms with van der Waals surface area (Å²) in [4.78, 5) is 16.9. The molecule has 2 fully saturated rings. The van der Waals surface area contributed by atoms with Crippen LogP contribution in [0.3, 0.4) is 0 Å². The Morgan fingerprint density at radius 2 is 1.89 bits per heavy atom. The van der Waals surface area contributed by atoms with E-state index in [9.17, 15) is 9.18 Å². The fourth-order valence-electron chi connectivity index (χ4n) is 4.20. The van der Waals surface area contributed by atoms with Crippen LogP contribution in [0.4, 0.5) is 14.9 Å². The maximum Gasteiger partial charge on any atom is 0.411 e. The van der Waals surface area contributed by atoms with Gasteiger partial charge in [-0.25, -0.2) is 9.18 Å². The minimum atomic E-state index is -0.529. The average Bonchev–Trinajstić information content (AvgIpc) is 3.07. The fraction of sp³-hybridized carbons (Fsp3) is 0.667. The predicted molar refractivity (Wildman–Crippen MR) is 107 cm³/mol. The first kappa shape index (κ1) is 20.2. The van der Waals surface area contributed by atoms with E-state index in [2.05, 4.69) is 4.90 Å². The maximum absolute atomic E-state index is 13.7. The molecule has 1 saturated carbocycles. The summed E-state index contributed by atoms with van der Waals surface area (Å²) in [6, 6.07) is 5.21. The Kier molecular flexibility index (Phi) is 6.19. The van der Waals surface area contributed by atoms with Gasteiger partial charge in [0.25, 0.3) is 0 Å². The monoisotopic (exact) mass is 396 g/mol. The van der Waals surface area contributed by atoms with E-state index in [0.29, 0.717) is 12.6 Å². The molecule has 1 aromatic rings. The Hall–Kier alpha value is -1.49. The Bertz CT molecular complexity index is 671. The molecule has 1 amide bonds. The summed E-state index contributed by atoms with van der Waals surface area (Å²) in [5.41, 5.74) is 0.354. The van der Waals surface area contributed by atoms with Gasteiger partial charge in [0, 0.05) is 18.3 Å². The van der Waals surface area contributed by atoms with Gasteiger partial charge in [0.2, 0.25) is 0 Å². The number of benzene rings is 1. The van der Waals surface area contributed by atoms with Gasteiger partial charge in [-0.05, 0) is 64.7 Å². The quantitative estimate of drug-likeness (QED) is 0.630. The first-order valence-electron chi connectivity index (χ1n) is 9.99. The van der Waals surface area contributed by atoms with Crippen molar-refractivity contribution in [1.82, 2.24) is 4.90 Å². The largest absolute Gasteiger partial charge is 0.444 e. The van der Waals surface area contributed by atoms with Gasteiger partial charge >= 0.3 is 6.09 Å². The lowest BCUT2D eigenvalue weighted by Crippen LogP contribution is -2.53. The molecule has 1 aliphatic heterocycles. The van der Waals surface area contributed by atoms with Crippen LogP contribution in [-0.4, -0.2) is 35.3 Å². The zero-order valence-corrected chi connectivity index (χ0v) is 17.3. The van der Waals surface area contributed by atoms with Crippen molar-refractivity contribution in [2.24, 2.45) is 0 Å². The summed E-state index contributed by atoms with van der Waals surface area (Å²) in [6.45, 7) is 6.33. The second-order valence-electron chi connectivity index (χ2n) is 8.59. The van der Waals surface area contributed by atoms with E-state index in [-0.39, 0.29) is 17.3 Å². The van der Waals surface area contributed by atoms with E-state index in [1.807, 2.05) is 25.7 Å². The van der Waals surface area contributed by atoms with Gasteiger partial charge in [-0.3, -0.25) is 4.90 Å². The normalized spacial score (nSPS) is 21.4. The van der Waals surface area contributed by atoms with Crippen molar-refractivity contribution in [2.45, 2.75) is 83.5 Å². The molecule has 1 aliphatic carbocycles. The van der Waals surface area contributed by atoms with Gasteiger partial charge in [-0.15, -0.1) is 0 Å². The van der Waals surface area contributed by atoms with Crippen molar-refractivity contribution in [3.8, 4) is 0 Å². The SMILES string of the molecule is CC(C)(C)OC(=O)N1CCCC1N(c1ccc(F)c(Cl)c1)C1CCCCC1. The number of carbonyl (C=O) groups excluding carboxylic acids is 1. The van der Waals surface area contributed by atoms with Gasteiger partial charge in [0.05, 0.1) is 5.02 Å². The molecule has 0 radical (unpaired) electrons. The molecule has 0 N–H and O–H groups in total. The smallest absolute Gasteiger partial charge is 0.411 e. The molecule has 1 atom stereocenters. The molecule has 0 aromatic heterocycles. The molecule has 1 heterocycles. The summed E-state index contributed by atoms with van der Waals surface area (Å²) < 4.78 is 19.4. The van der Waals surface area contributed by atoms with E-state index in [4.69, 9.17) is 16.3 Å². The molecule has 1 saturated heterocycles. The van der Waals surface area contributed by atoms with Crippen LogP contribution in [0, 0.1) is 5.82 Å². The maximum atomic E-state index is 13.7. The zero-order chi connectivity index (χ0) is 19.6. The Morgan fingerprint density at radius 3 is 2.52 bits per heavy atom. The van der Waals surface area contributed by atoms with E-state index in [0.717, 1.165) is 31.4 Å². The lowest BCUT2D eigenvalue weighted by Gasteiger charge is -2.43. The minimum Gasteiger partial charge on any atom is -0.444 e. The highest BCUT2D eigenvalue weighted by Gasteiger charge is 2.39. The van der Waals surface area contributed by atoms with Crippen LogP contribution in [0.25, 0.3) is 0 Å². The number of amides is 1. The first-order chi connectivity index (χ1) is 12.8. The first-order valence-corrected chi connectivity index (χ1v) is 10.4. The van der Waals surface area contributed by atoms with Gasteiger partial charge < -0.3 is 9.64 Å². The van der Waals surface area contributed by atoms with Crippen LogP contribution in [0.5, 0.6) is 0 Å². The summed E-state index contributed by atoms with van der Waals surface area (Å²) in [7, 11) is 0. The number of anilines is 1. The van der Waals surface area contributed by atoms with E-state index >= 15 is 0 Å². The van der Waals surface area contributed by atoms with Crippen LogP contribution in [0.2, 0.25) is 5.02 Å². The molecule has 2 aliphatic rings. The lowest BCUT2D eigenvalue weighted by atomic mass is 9.93. The van der Waals surface area contributed by atoms with E-state index in [1.165, 1.54) is 25.3 Å².